The Morgan fingerprint density at radius 1 is 1.40 bits per heavy atom. The molecule has 0 aromatic rings. The average molecular weight is 214 g/mol. The van der Waals surface area contributed by atoms with Gasteiger partial charge in [0.2, 0.25) is 0 Å². The lowest BCUT2D eigenvalue weighted by Crippen LogP contribution is -2.46. The minimum absolute atomic E-state index is 0.108. The van der Waals surface area contributed by atoms with Crippen molar-refractivity contribution in [3.8, 4) is 0 Å². The first-order valence-electron chi connectivity index (χ1n) is 6.12. The Balaban J connectivity index is 2.24. The molecule has 1 fully saturated rings. The summed E-state index contributed by atoms with van der Waals surface area (Å²) in [5.41, 5.74) is -0.108. The Labute approximate surface area is 93.9 Å². The van der Waals surface area contributed by atoms with E-state index in [0.29, 0.717) is 0 Å². The summed E-state index contributed by atoms with van der Waals surface area (Å²) in [4.78, 5) is 2.52. The molecule has 3 nitrogen and oxygen atoms in total. The van der Waals surface area contributed by atoms with E-state index in [2.05, 4.69) is 24.1 Å². The minimum Gasteiger partial charge on any atom is -0.394 e. The third-order valence-electron chi connectivity index (χ3n) is 3.81. The molecule has 0 aromatic heterocycles. The van der Waals surface area contributed by atoms with Gasteiger partial charge in [-0.1, -0.05) is 6.92 Å². The lowest BCUT2D eigenvalue weighted by Gasteiger charge is -2.34. The molecule has 90 valence electrons. The number of hydrogen-bond acceptors (Lipinski definition) is 3. The summed E-state index contributed by atoms with van der Waals surface area (Å²) < 4.78 is 0. The van der Waals surface area contributed by atoms with Gasteiger partial charge in [0.15, 0.2) is 0 Å². The number of piperidine rings is 1. The highest BCUT2D eigenvalue weighted by Crippen LogP contribution is 2.17. The van der Waals surface area contributed by atoms with Crippen LogP contribution in [0.5, 0.6) is 0 Å². The van der Waals surface area contributed by atoms with E-state index in [9.17, 15) is 5.11 Å². The Morgan fingerprint density at radius 2 is 2.00 bits per heavy atom. The van der Waals surface area contributed by atoms with Gasteiger partial charge in [0, 0.05) is 5.54 Å². The molecule has 2 N–H and O–H groups in total. The van der Waals surface area contributed by atoms with Crippen LogP contribution in [0.15, 0.2) is 0 Å². The number of nitrogens with one attached hydrogen (secondary N) is 1. The van der Waals surface area contributed by atoms with Gasteiger partial charge in [0.1, 0.15) is 0 Å². The van der Waals surface area contributed by atoms with Crippen LogP contribution in [0.2, 0.25) is 0 Å². The summed E-state index contributed by atoms with van der Waals surface area (Å²) >= 11 is 0. The molecule has 15 heavy (non-hydrogen) atoms. The van der Waals surface area contributed by atoms with E-state index in [1.54, 1.807) is 0 Å². The van der Waals surface area contributed by atoms with E-state index < -0.39 is 0 Å². The second kappa shape index (κ2) is 5.83. The third-order valence-corrected chi connectivity index (χ3v) is 3.81. The van der Waals surface area contributed by atoms with Crippen molar-refractivity contribution in [1.82, 2.24) is 10.2 Å². The predicted octanol–water partition coefficient (Wildman–Crippen LogP) is 1.08. The van der Waals surface area contributed by atoms with Crippen LogP contribution < -0.4 is 5.32 Å². The minimum atomic E-state index is -0.108. The quantitative estimate of drug-likeness (QED) is 0.719. The number of aliphatic hydroxyl groups excluding tert-OH is 1. The summed E-state index contributed by atoms with van der Waals surface area (Å²) in [6.45, 7) is 8.19. The average Bonchev–Trinajstić information content (AvgIpc) is 2.28. The number of nitrogens with zero attached hydrogens (tertiary/aromatic N) is 1. The van der Waals surface area contributed by atoms with Gasteiger partial charge in [0.05, 0.1) is 6.61 Å². The smallest absolute Gasteiger partial charge is 0.0610 e. The molecule has 3 heteroatoms. The lowest BCUT2D eigenvalue weighted by molar-refractivity contribution is 0.134. The van der Waals surface area contributed by atoms with Crippen LogP contribution in [0, 0.1) is 5.92 Å². The number of likely N-dealkylation sites (N-methyl/N-ethyl adjacent to an activating group) is 1. The SMILES string of the molecule is CNC(C)(CO)CCN1CCC(C)CC1. The first-order valence-corrected chi connectivity index (χ1v) is 6.12. The highest BCUT2D eigenvalue weighted by Gasteiger charge is 2.23. The molecule has 0 radical (unpaired) electrons. The van der Waals surface area contributed by atoms with Crippen LogP contribution in [0.3, 0.4) is 0 Å². The molecule has 0 amide bonds. The maximum atomic E-state index is 9.28. The molecule has 0 aromatic carbocycles. The van der Waals surface area contributed by atoms with Crippen molar-refractivity contribution in [2.45, 2.75) is 38.6 Å². The Morgan fingerprint density at radius 3 is 2.47 bits per heavy atom. The highest BCUT2D eigenvalue weighted by atomic mass is 16.3. The second-order valence-electron chi connectivity index (χ2n) is 5.24. The first-order chi connectivity index (χ1) is 7.09. The molecule has 1 unspecified atom stereocenters. The Hall–Kier alpha value is -0.120. The van der Waals surface area contributed by atoms with Crippen molar-refractivity contribution in [2.24, 2.45) is 5.92 Å². The van der Waals surface area contributed by atoms with Crippen molar-refractivity contribution in [2.75, 3.05) is 33.3 Å². The number of rotatable bonds is 5. The molecule has 0 aliphatic carbocycles. The normalized spacial score (nSPS) is 24.0. The molecule has 1 atom stereocenters. The molecule has 1 heterocycles. The van der Waals surface area contributed by atoms with Crippen molar-refractivity contribution in [1.29, 1.82) is 0 Å². The topological polar surface area (TPSA) is 35.5 Å². The Kier molecular flexibility index (Phi) is 5.03. The molecular formula is C12H26N2O. The summed E-state index contributed by atoms with van der Waals surface area (Å²) in [6.07, 6.45) is 3.68. The van der Waals surface area contributed by atoms with E-state index in [1.165, 1.54) is 25.9 Å². The van der Waals surface area contributed by atoms with Gasteiger partial charge in [-0.25, -0.2) is 0 Å². The van der Waals surface area contributed by atoms with E-state index in [4.69, 9.17) is 0 Å². The summed E-state index contributed by atoms with van der Waals surface area (Å²) in [6, 6.07) is 0. The van der Waals surface area contributed by atoms with Crippen LogP contribution in [0.1, 0.15) is 33.1 Å². The molecule has 0 saturated carbocycles. The first kappa shape index (κ1) is 12.9. The largest absolute Gasteiger partial charge is 0.394 e. The van der Waals surface area contributed by atoms with Gasteiger partial charge < -0.3 is 15.3 Å². The zero-order valence-corrected chi connectivity index (χ0v) is 10.4. The van der Waals surface area contributed by atoms with Gasteiger partial charge >= 0.3 is 0 Å². The molecule has 0 spiro atoms. The van der Waals surface area contributed by atoms with E-state index in [1.807, 2.05) is 7.05 Å². The maximum absolute atomic E-state index is 9.28. The standard InChI is InChI=1S/C12H26N2O/c1-11-4-7-14(8-5-11)9-6-12(2,10-15)13-3/h11,13,15H,4-10H2,1-3H3. The van der Waals surface area contributed by atoms with Crippen molar-refractivity contribution in [3.63, 3.8) is 0 Å². The zero-order chi connectivity index (χ0) is 11.3. The molecule has 1 aliphatic rings. The van der Waals surface area contributed by atoms with Crippen molar-refractivity contribution >= 4 is 0 Å². The summed E-state index contributed by atoms with van der Waals surface area (Å²) in [7, 11) is 1.93. The fourth-order valence-corrected chi connectivity index (χ4v) is 1.97. The number of hydrogen-bond donors (Lipinski definition) is 2. The maximum Gasteiger partial charge on any atom is 0.0610 e. The van der Waals surface area contributed by atoms with Gasteiger partial charge in [-0.15, -0.1) is 0 Å². The highest BCUT2D eigenvalue weighted by molar-refractivity contribution is 4.82. The predicted molar refractivity (Wildman–Crippen MR) is 64.0 cm³/mol. The van der Waals surface area contributed by atoms with Gasteiger partial charge in [-0.3, -0.25) is 0 Å². The van der Waals surface area contributed by atoms with E-state index in [0.717, 1.165) is 18.9 Å². The third kappa shape index (κ3) is 4.09. The Bertz CT molecular complexity index is 172. The molecule has 1 saturated heterocycles. The lowest BCUT2D eigenvalue weighted by atomic mass is 9.96. The van der Waals surface area contributed by atoms with E-state index in [-0.39, 0.29) is 12.1 Å². The van der Waals surface area contributed by atoms with Crippen LogP contribution in [-0.2, 0) is 0 Å². The monoisotopic (exact) mass is 214 g/mol. The number of aliphatic hydroxyl groups is 1. The second-order valence-corrected chi connectivity index (χ2v) is 5.24. The van der Waals surface area contributed by atoms with E-state index >= 15 is 0 Å². The molecular weight excluding hydrogens is 188 g/mol. The van der Waals surface area contributed by atoms with Gasteiger partial charge in [-0.05, 0) is 58.8 Å². The fourth-order valence-electron chi connectivity index (χ4n) is 1.97. The molecule has 0 bridgehead atoms. The van der Waals surface area contributed by atoms with Gasteiger partial charge in [-0.2, -0.15) is 0 Å². The molecule has 1 aliphatic heterocycles. The van der Waals surface area contributed by atoms with Crippen molar-refractivity contribution in [3.05, 3.63) is 0 Å². The van der Waals surface area contributed by atoms with Gasteiger partial charge in [0.25, 0.3) is 0 Å². The van der Waals surface area contributed by atoms with Crippen molar-refractivity contribution < 1.29 is 5.11 Å². The fraction of sp³-hybridized carbons (Fsp3) is 1.00. The summed E-state index contributed by atoms with van der Waals surface area (Å²) in [5, 5.41) is 12.5. The molecule has 1 rings (SSSR count). The van der Waals surface area contributed by atoms with Crippen LogP contribution in [-0.4, -0.2) is 48.8 Å². The zero-order valence-electron chi connectivity index (χ0n) is 10.4. The summed E-state index contributed by atoms with van der Waals surface area (Å²) in [5.74, 6) is 0.898. The van der Waals surface area contributed by atoms with Crippen LogP contribution in [0.25, 0.3) is 0 Å². The van der Waals surface area contributed by atoms with Crippen LogP contribution >= 0.6 is 0 Å². The van der Waals surface area contributed by atoms with Crippen LogP contribution in [0.4, 0.5) is 0 Å². The number of likely N-dealkylation sites (tertiary alicyclic amines) is 1.